The van der Waals surface area contributed by atoms with E-state index in [9.17, 15) is 9.90 Å². The van der Waals surface area contributed by atoms with Gasteiger partial charge in [0.25, 0.3) is 0 Å². The number of hydrogen-bond acceptors (Lipinski definition) is 3. The van der Waals surface area contributed by atoms with Gasteiger partial charge in [0.2, 0.25) is 0 Å². The minimum atomic E-state index is -0.718. The molecule has 98 valence electrons. The molecule has 1 heterocycles. The van der Waals surface area contributed by atoms with Gasteiger partial charge in [-0.25, -0.2) is 4.79 Å². The van der Waals surface area contributed by atoms with Crippen LogP contribution in [0.5, 0.6) is 0 Å². The van der Waals surface area contributed by atoms with Crippen molar-refractivity contribution in [3.8, 4) is 0 Å². The van der Waals surface area contributed by atoms with E-state index in [1.165, 1.54) is 5.57 Å². The highest BCUT2D eigenvalue weighted by Gasteiger charge is 2.42. The maximum Gasteiger partial charge on any atom is 0.334 e. The molecule has 1 aliphatic carbocycles. The number of allylic oxidation sites excluding steroid dienone is 3. The molecule has 0 bridgehead atoms. The number of fused-ring (bicyclic) bond motifs is 1. The first-order valence-electron chi connectivity index (χ1n) is 6.41. The van der Waals surface area contributed by atoms with E-state index in [1.54, 1.807) is 0 Å². The summed E-state index contributed by atoms with van der Waals surface area (Å²) in [5, 5.41) is 10.3. The van der Waals surface area contributed by atoms with Crippen LogP contribution in [0.2, 0.25) is 0 Å². The Labute approximate surface area is 108 Å². The average Bonchev–Trinajstić information content (AvgIpc) is 2.61. The van der Waals surface area contributed by atoms with Gasteiger partial charge in [0, 0.05) is 11.5 Å². The summed E-state index contributed by atoms with van der Waals surface area (Å²) in [7, 11) is 0. The first-order valence-corrected chi connectivity index (χ1v) is 6.41. The number of rotatable bonds is 0. The molecule has 3 heteroatoms. The van der Waals surface area contributed by atoms with Gasteiger partial charge in [-0.3, -0.25) is 0 Å². The van der Waals surface area contributed by atoms with Crippen LogP contribution >= 0.6 is 0 Å². The lowest BCUT2D eigenvalue weighted by molar-refractivity contribution is -0.142. The summed E-state index contributed by atoms with van der Waals surface area (Å²) in [4.78, 5) is 11.6. The van der Waals surface area contributed by atoms with Crippen molar-refractivity contribution >= 4 is 5.97 Å². The van der Waals surface area contributed by atoms with Crippen LogP contribution in [0.25, 0.3) is 0 Å². The summed E-state index contributed by atoms with van der Waals surface area (Å²) in [5.74, 6) is -0.435. The molecule has 0 amide bonds. The van der Waals surface area contributed by atoms with Crippen molar-refractivity contribution in [2.24, 2.45) is 5.92 Å². The lowest BCUT2D eigenvalue weighted by atomic mass is 9.85. The summed E-state index contributed by atoms with van der Waals surface area (Å²) in [6.45, 7) is 7.78. The van der Waals surface area contributed by atoms with E-state index in [1.807, 2.05) is 13.0 Å². The van der Waals surface area contributed by atoms with Gasteiger partial charge >= 0.3 is 5.97 Å². The molecule has 1 fully saturated rings. The van der Waals surface area contributed by atoms with Crippen molar-refractivity contribution in [1.29, 1.82) is 0 Å². The van der Waals surface area contributed by atoms with Crippen LogP contribution in [-0.2, 0) is 9.53 Å². The van der Waals surface area contributed by atoms with E-state index in [-0.39, 0.29) is 11.9 Å². The molecule has 3 atom stereocenters. The number of esters is 1. The zero-order chi connectivity index (χ0) is 13.3. The molecule has 1 N–H and O–H groups in total. The average molecular weight is 248 g/mol. The number of hydrogen-bond donors (Lipinski definition) is 1. The molecule has 0 aromatic carbocycles. The quantitative estimate of drug-likeness (QED) is 0.407. The van der Waals surface area contributed by atoms with Crippen LogP contribution in [0.15, 0.2) is 35.5 Å². The molecule has 0 saturated carbocycles. The third-order valence-electron chi connectivity index (χ3n) is 3.88. The van der Waals surface area contributed by atoms with Crippen LogP contribution in [0.3, 0.4) is 0 Å². The van der Waals surface area contributed by atoms with E-state index >= 15 is 0 Å². The Morgan fingerprint density at radius 3 is 2.83 bits per heavy atom. The fraction of sp³-hybridized carbons (Fsp3) is 0.533. The zero-order valence-electron chi connectivity index (χ0n) is 11.0. The number of aliphatic hydroxyl groups is 1. The van der Waals surface area contributed by atoms with Crippen LogP contribution in [0.4, 0.5) is 0 Å². The minimum Gasteiger partial charge on any atom is -0.455 e. The van der Waals surface area contributed by atoms with Crippen LogP contribution in [-0.4, -0.2) is 23.3 Å². The molecule has 0 spiro atoms. The highest BCUT2D eigenvalue weighted by molar-refractivity contribution is 5.90. The SMILES string of the molecule is C=C1C(=O)O[C@@H]2[C@H](O)/C(C)=C\C/C=C(/C)CC[C@@H]12. The smallest absolute Gasteiger partial charge is 0.334 e. The van der Waals surface area contributed by atoms with E-state index in [2.05, 4.69) is 19.6 Å². The molecule has 18 heavy (non-hydrogen) atoms. The van der Waals surface area contributed by atoms with Crippen LogP contribution < -0.4 is 0 Å². The first kappa shape index (κ1) is 13.1. The minimum absolute atomic E-state index is 0.0719. The van der Waals surface area contributed by atoms with E-state index in [0.29, 0.717) is 5.57 Å². The molecular formula is C15H20O3. The van der Waals surface area contributed by atoms with Gasteiger partial charge in [-0.15, -0.1) is 0 Å². The largest absolute Gasteiger partial charge is 0.455 e. The second kappa shape index (κ2) is 5.11. The van der Waals surface area contributed by atoms with Gasteiger partial charge in [0.1, 0.15) is 12.2 Å². The third kappa shape index (κ3) is 2.41. The molecule has 1 saturated heterocycles. The second-order valence-electron chi connectivity index (χ2n) is 5.22. The van der Waals surface area contributed by atoms with E-state index in [0.717, 1.165) is 24.8 Å². The zero-order valence-corrected chi connectivity index (χ0v) is 11.0. The lowest BCUT2D eigenvalue weighted by Gasteiger charge is -2.24. The van der Waals surface area contributed by atoms with Gasteiger partial charge in [0.15, 0.2) is 0 Å². The molecule has 2 rings (SSSR count). The predicted molar refractivity (Wildman–Crippen MR) is 69.9 cm³/mol. The van der Waals surface area contributed by atoms with Crippen molar-refractivity contribution in [2.45, 2.75) is 45.3 Å². The monoisotopic (exact) mass is 248 g/mol. The Morgan fingerprint density at radius 1 is 1.39 bits per heavy atom. The Morgan fingerprint density at radius 2 is 2.11 bits per heavy atom. The van der Waals surface area contributed by atoms with Gasteiger partial charge in [-0.2, -0.15) is 0 Å². The summed E-state index contributed by atoms with van der Waals surface area (Å²) >= 11 is 0. The normalized spacial score (nSPS) is 39.2. The molecular weight excluding hydrogens is 228 g/mol. The number of carbonyl (C=O) groups is 1. The third-order valence-corrected chi connectivity index (χ3v) is 3.88. The maximum absolute atomic E-state index is 11.6. The van der Waals surface area contributed by atoms with Crippen molar-refractivity contribution < 1.29 is 14.6 Å². The Hall–Kier alpha value is -1.35. The topological polar surface area (TPSA) is 46.5 Å². The predicted octanol–water partition coefficient (Wildman–Crippen LogP) is 2.52. The van der Waals surface area contributed by atoms with Crippen LogP contribution in [0, 0.1) is 5.92 Å². The fourth-order valence-corrected chi connectivity index (χ4v) is 2.57. The maximum atomic E-state index is 11.6. The number of carbonyl (C=O) groups excluding carboxylic acids is 1. The summed E-state index contributed by atoms with van der Waals surface area (Å²) in [6.07, 6.45) is 5.51. The molecule has 2 aliphatic rings. The molecule has 0 aromatic rings. The van der Waals surface area contributed by atoms with Crippen LogP contribution in [0.1, 0.15) is 33.1 Å². The Bertz CT molecular complexity index is 431. The van der Waals surface area contributed by atoms with Crippen molar-refractivity contribution in [3.05, 3.63) is 35.5 Å². The Balaban J connectivity index is 2.31. The van der Waals surface area contributed by atoms with E-state index < -0.39 is 12.2 Å². The van der Waals surface area contributed by atoms with Gasteiger partial charge in [-0.05, 0) is 38.7 Å². The van der Waals surface area contributed by atoms with Crippen molar-refractivity contribution in [1.82, 2.24) is 0 Å². The fourth-order valence-electron chi connectivity index (χ4n) is 2.57. The second-order valence-corrected chi connectivity index (χ2v) is 5.22. The van der Waals surface area contributed by atoms with Crippen molar-refractivity contribution in [2.75, 3.05) is 0 Å². The van der Waals surface area contributed by atoms with Gasteiger partial charge in [-0.1, -0.05) is 24.3 Å². The van der Waals surface area contributed by atoms with Gasteiger partial charge in [0.05, 0.1) is 0 Å². The molecule has 0 aromatic heterocycles. The summed E-state index contributed by atoms with van der Waals surface area (Å²) in [5.41, 5.74) is 2.67. The lowest BCUT2D eigenvalue weighted by Crippen LogP contribution is -2.32. The standard InChI is InChI=1S/C15H20O3/c1-9-5-4-6-10(2)13(16)14-12(8-7-9)11(3)15(17)18-14/h5-6,12-14,16H,3-4,7-8H2,1-2H3/b9-5-,10-6-/t12-,13+,14-/m0/s1. The van der Waals surface area contributed by atoms with E-state index in [4.69, 9.17) is 4.74 Å². The molecule has 0 unspecified atom stereocenters. The Kier molecular flexibility index (Phi) is 3.71. The molecule has 3 nitrogen and oxygen atoms in total. The van der Waals surface area contributed by atoms with Crippen molar-refractivity contribution in [3.63, 3.8) is 0 Å². The highest BCUT2D eigenvalue weighted by atomic mass is 16.6. The number of ether oxygens (including phenoxy) is 1. The van der Waals surface area contributed by atoms with Gasteiger partial charge < -0.3 is 9.84 Å². The molecule has 0 radical (unpaired) electrons. The highest BCUT2D eigenvalue weighted by Crippen LogP contribution is 2.35. The first-order chi connectivity index (χ1) is 8.50. The number of aliphatic hydroxyl groups excluding tert-OH is 1. The summed E-state index contributed by atoms with van der Waals surface area (Å²) < 4.78 is 5.28. The molecule has 1 aliphatic heterocycles. The summed E-state index contributed by atoms with van der Waals surface area (Å²) in [6, 6.07) is 0.